The molecule has 2 aliphatic heterocycles. The molecule has 0 N–H and O–H groups in total. The molecule has 0 unspecified atom stereocenters. The number of nitrogens with zero attached hydrogens (tertiary/aromatic N) is 5. The number of piperazine rings is 1. The lowest BCUT2D eigenvalue weighted by Gasteiger charge is -2.36. The fourth-order valence-corrected chi connectivity index (χ4v) is 4.01. The van der Waals surface area contributed by atoms with Gasteiger partial charge in [-0.1, -0.05) is 0 Å². The number of benzene rings is 1. The molecule has 2 aromatic rings. The summed E-state index contributed by atoms with van der Waals surface area (Å²) in [6.45, 7) is 6.82. The molecule has 3 heterocycles. The van der Waals surface area contributed by atoms with Gasteiger partial charge in [0.2, 0.25) is 5.95 Å². The highest BCUT2D eigenvalue weighted by Crippen LogP contribution is 2.25. The van der Waals surface area contributed by atoms with E-state index in [-0.39, 0.29) is 5.91 Å². The molecule has 0 radical (unpaired) electrons. The molecule has 0 saturated carbocycles. The number of carbonyl (C=O) groups is 1. The van der Waals surface area contributed by atoms with Crippen LogP contribution in [-0.4, -0.2) is 74.3 Å². The van der Waals surface area contributed by atoms with Crippen LogP contribution in [0.5, 0.6) is 11.5 Å². The molecule has 2 saturated heterocycles. The third-order valence-electron chi connectivity index (χ3n) is 5.71. The molecule has 0 spiro atoms. The summed E-state index contributed by atoms with van der Waals surface area (Å²) in [5.74, 6) is 2.98. The first-order valence-electron chi connectivity index (χ1n) is 10.5. The lowest BCUT2D eigenvalue weighted by Crippen LogP contribution is -2.49. The predicted molar refractivity (Wildman–Crippen MR) is 116 cm³/mol. The van der Waals surface area contributed by atoms with Crippen molar-refractivity contribution < 1.29 is 14.3 Å². The molecule has 1 amide bonds. The molecule has 0 aliphatic carbocycles. The van der Waals surface area contributed by atoms with Gasteiger partial charge in [-0.15, -0.1) is 0 Å². The highest BCUT2D eigenvalue weighted by molar-refractivity contribution is 5.95. The Labute approximate surface area is 177 Å². The molecule has 8 nitrogen and oxygen atoms in total. The van der Waals surface area contributed by atoms with E-state index in [0.29, 0.717) is 30.2 Å². The van der Waals surface area contributed by atoms with Crippen LogP contribution in [0.3, 0.4) is 0 Å². The van der Waals surface area contributed by atoms with Gasteiger partial charge < -0.3 is 24.2 Å². The zero-order valence-corrected chi connectivity index (χ0v) is 17.9. The molecule has 2 aliphatic rings. The zero-order chi connectivity index (χ0) is 21.1. The number of ether oxygens (including phenoxy) is 2. The van der Waals surface area contributed by atoms with Gasteiger partial charge in [-0.25, -0.2) is 4.98 Å². The van der Waals surface area contributed by atoms with Crippen molar-refractivity contribution in [1.82, 2.24) is 14.9 Å². The fraction of sp³-hybridized carbons (Fsp3) is 0.500. The van der Waals surface area contributed by atoms with Crippen molar-refractivity contribution >= 4 is 17.7 Å². The van der Waals surface area contributed by atoms with Crippen molar-refractivity contribution in [3.05, 3.63) is 35.5 Å². The molecule has 160 valence electrons. The van der Waals surface area contributed by atoms with Crippen LogP contribution in [0, 0.1) is 6.92 Å². The summed E-state index contributed by atoms with van der Waals surface area (Å²) in [4.78, 5) is 28.8. The summed E-state index contributed by atoms with van der Waals surface area (Å²) >= 11 is 0. The monoisotopic (exact) mass is 411 g/mol. The average Bonchev–Trinajstić information content (AvgIpc) is 3.33. The van der Waals surface area contributed by atoms with E-state index in [1.54, 1.807) is 32.4 Å². The van der Waals surface area contributed by atoms with Gasteiger partial charge in [0.25, 0.3) is 5.91 Å². The highest BCUT2D eigenvalue weighted by atomic mass is 16.5. The number of hydrogen-bond acceptors (Lipinski definition) is 7. The molecule has 30 heavy (non-hydrogen) atoms. The normalized spacial score (nSPS) is 16.7. The van der Waals surface area contributed by atoms with Crippen molar-refractivity contribution in [1.29, 1.82) is 0 Å². The van der Waals surface area contributed by atoms with E-state index < -0.39 is 0 Å². The summed E-state index contributed by atoms with van der Waals surface area (Å²) in [5, 5.41) is 0. The van der Waals surface area contributed by atoms with Crippen molar-refractivity contribution in [2.45, 2.75) is 19.8 Å². The van der Waals surface area contributed by atoms with Crippen molar-refractivity contribution in [2.75, 3.05) is 63.3 Å². The molecule has 1 aromatic heterocycles. The van der Waals surface area contributed by atoms with Crippen LogP contribution in [0.25, 0.3) is 0 Å². The summed E-state index contributed by atoms with van der Waals surface area (Å²) in [6.07, 6.45) is 2.39. The van der Waals surface area contributed by atoms with E-state index >= 15 is 0 Å². The number of amides is 1. The minimum Gasteiger partial charge on any atom is -0.497 e. The second kappa shape index (κ2) is 8.77. The third-order valence-corrected chi connectivity index (χ3v) is 5.71. The molecular formula is C22H29N5O3. The Morgan fingerprint density at radius 1 is 0.833 bits per heavy atom. The first kappa shape index (κ1) is 20.3. The van der Waals surface area contributed by atoms with E-state index in [0.717, 1.165) is 43.6 Å². The number of aromatic nitrogens is 2. The standard InChI is InChI=1S/C22H29N5O3/c1-16-12-20(24-22(23-16)27-6-4-5-7-27)25-8-10-26(11-9-25)21(28)17-13-18(29-2)15-19(14-17)30-3/h12-15H,4-11H2,1-3H3. The molecular weight excluding hydrogens is 382 g/mol. The Balaban J connectivity index is 1.44. The Kier molecular flexibility index (Phi) is 5.92. The van der Waals surface area contributed by atoms with Crippen LogP contribution in [0.15, 0.2) is 24.3 Å². The third kappa shape index (κ3) is 4.27. The fourth-order valence-electron chi connectivity index (χ4n) is 4.01. The molecule has 0 atom stereocenters. The van der Waals surface area contributed by atoms with Gasteiger partial charge in [-0.3, -0.25) is 4.79 Å². The molecule has 4 rings (SSSR count). The second-order valence-corrected chi connectivity index (χ2v) is 7.74. The smallest absolute Gasteiger partial charge is 0.254 e. The Hall–Kier alpha value is -3.03. The van der Waals surface area contributed by atoms with Crippen LogP contribution < -0.4 is 19.3 Å². The van der Waals surface area contributed by atoms with Crippen molar-refractivity contribution in [2.24, 2.45) is 0 Å². The van der Waals surface area contributed by atoms with Crippen LogP contribution in [0.4, 0.5) is 11.8 Å². The summed E-state index contributed by atoms with van der Waals surface area (Å²) in [6, 6.07) is 7.31. The SMILES string of the molecule is COc1cc(OC)cc(C(=O)N2CCN(c3cc(C)nc(N4CCCC4)n3)CC2)c1. The number of carbonyl (C=O) groups excluding carboxylic acids is 1. The number of methoxy groups -OCH3 is 2. The zero-order valence-electron chi connectivity index (χ0n) is 17.9. The number of aryl methyl sites for hydroxylation is 1. The van der Waals surface area contributed by atoms with Gasteiger partial charge in [0.1, 0.15) is 17.3 Å². The lowest BCUT2D eigenvalue weighted by molar-refractivity contribution is 0.0745. The maximum Gasteiger partial charge on any atom is 0.254 e. The van der Waals surface area contributed by atoms with E-state index in [9.17, 15) is 4.79 Å². The lowest BCUT2D eigenvalue weighted by atomic mass is 10.1. The van der Waals surface area contributed by atoms with E-state index in [1.807, 2.05) is 17.9 Å². The van der Waals surface area contributed by atoms with Crippen LogP contribution in [0.1, 0.15) is 28.9 Å². The second-order valence-electron chi connectivity index (χ2n) is 7.74. The quantitative estimate of drug-likeness (QED) is 0.748. The van der Waals surface area contributed by atoms with Crippen LogP contribution >= 0.6 is 0 Å². The Morgan fingerprint density at radius 2 is 1.47 bits per heavy atom. The minimum absolute atomic E-state index is 0.0107. The predicted octanol–water partition coefficient (Wildman–Crippen LogP) is 2.36. The average molecular weight is 412 g/mol. The maximum atomic E-state index is 13.0. The van der Waals surface area contributed by atoms with E-state index in [2.05, 4.69) is 14.8 Å². The van der Waals surface area contributed by atoms with Crippen LogP contribution in [0.2, 0.25) is 0 Å². The van der Waals surface area contributed by atoms with Gasteiger partial charge in [-0.05, 0) is 31.9 Å². The first-order chi connectivity index (χ1) is 14.6. The van der Waals surface area contributed by atoms with Gasteiger partial charge in [0, 0.05) is 62.7 Å². The van der Waals surface area contributed by atoms with Gasteiger partial charge >= 0.3 is 0 Å². The van der Waals surface area contributed by atoms with Gasteiger partial charge in [0.05, 0.1) is 14.2 Å². The largest absolute Gasteiger partial charge is 0.497 e. The maximum absolute atomic E-state index is 13.0. The van der Waals surface area contributed by atoms with E-state index in [1.165, 1.54) is 12.8 Å². The highest BCUT2D eigenvalue weighted by Gasteiger charge is 2.25. The molecule has 1 aromatic carbocycles. The topological polar surface area (TPSA) is 71.0 Å². The number of anilines is 2. The van der Waals surface area contributed by atoms with Crippen molar-refractivity contribution in [3.8, 4) is 11.5 Å². The number of rotatable bonds is 5. The molecule has 0 bridgehead atoms. The summed E-state index contributed by atoms with van der Waals surface area (Å²) in [5.41, 5.74) is 1.55. The molecule has 8 heteroatoms. The molecule has 2 fully saturated rings. The Morgan fingerprint density at radius 3 is 2.07 bits per heavy atom. The van der Waals surface area contributed by atoms with Crippen LogP contribution in [-0.2, 0) is 0 Å². The summed E-state index contributed by atoms with van der Waals surface area (Å²) in [7, 11) is 3.17. The van der Waals surface area contributed by atoms with Gasteiger partial charge in [-0.2, -0.15) is 4.98 Å². The Bertz CT molecular complexity index is 883. The first-order valence-corrected chi connectivity index (χ1v) is 10.5. The minimum atomic E-state index is -0.0107. The van der Waals surface area contributed by atoms with Gasteiger partial charge in [0.15, 0.2) is 0 Å². The van der Waals surface area contributed by atoms with E-state index in [4.69, 9.17) is 14.5 Å². The number of hydrogen-bond donors (Lipinski definition) is 0. The summed E-state index contributed by atoms with van der Waals surface area (Å²) < 4.78 is 10.6. The van der Waals surface area contributed by atoms with Crippen molar-refractivity contribution in [3.63, 3.8) is 0 Å².